The molecule has 0 aliphatic carbocycles. The van der Waals surface area contributed by atoms with Gasteiger partial charge in [0.25, 0.3) is 10.0 Å². The van der Waals surface area contributed by atoms with Gasteiger partial charge in [-0.1, -0.05) is 71.7 Å². The topological polar surface area (TPSA) is 40.6 Å². The van der Waals surface area contributed by atoms with Gasteiger partial charge in [-0.15, -0.1) is 0 Å². The van der Waals surface area contributed by atoms with Gasteiger partial charge < -0.3 is 4.90 Å². The van der Waals surface area contributed by atoms with E-state index in [0.29, 0.717) is 11.6 Å². The molecule has 3 aromatic rings. The van der Waals surface area contributed by atoms with E-state index in [0.717, 1.165) is 50.1 Å². The Kier molecular flexibility index (Phi) is 6.17. The molecular formula is C26H26Cl2N2O2S. The quantitative estimate of drug-likeness (QED) is 0.445. The van der Waals surface area contributed by atoms with Crippen molar-refractivity contribution in [3.05, 3.63) is 94.0 Å². The third-order valence-electron chi connectivity index (χ3n) is 7.03. The lowest BCUT2D eigenvalue weighted by Crippen LogP contribution is -2.46. The van der Waals surface area contributed by atoms with Crippen LogP contribution in [0.15, 0.2) is 77.7 Å². The van der Waals surface area contributed by atoms with Crippen molar-refractivity contribution in [3.63, 3.8) is 0 Å². The number of hydrogen-bond acceptors (Lipinski definition) is 3. The normalized spacial score (nSPS) is 17.9. The lowest BCUT2D eigenvalue weighted by Gasteiger charge is -2.40. The fourth-order valence-corrected chi connectivity index (χ4v) is 7.49. The summed E-state index contributed by atoms with van der Waals surface area (Å²) in [5, 5.41) is 0.566. The van der Waals surface area contributed by atoms with Gasteiger partial charge in [0.05, 0.1) is 10.7 Å². The second-order valence-corrected chi connectivity index (χ2v) is 11.6. The molecule has 172 valence electrons. The molecule has 1 spiro atoms. The minimum atomic E-state index is -3.81. The van der Waals surface area contributed by atoms with Gasteiger partial charge in [0, 0.05) is 23.5 Å². The van der Waals surface area contributed by atoms with E-state index in [4.69, 9.17) is 23.2 Å². The molecule has 0 aromatic heterocycles. The van der Waals surface area contributed by atoms with Gasteiger partial charge >= 0.3 is 0 Å². The molecule has 3 aromatic carbocycles. The van der Waals surface area contributed by atoms with Crippen LogP contribution in [0.5, 0.6) is 0 Å². The van der Waals surface area contributed by atoms with Crippen LogP contribution in [-0.2, 0) is 21.9 Å². The van der Waals surface area contributed by atoms with Gasteiger partial charge in [-0.3, -0.25) is 4.31 Å². The maximum Gasteiger partial charge on any atom is 0.265 e. The largest absolute Gasteiger partial charge is 0.303 e. The molecule has 0 N–H and O–H groups in total. The first-order valence-electron chi connectivity index (χ1n) is 11.2. The minimum Gasteiger partial charge on any atom is -0.303 e. The zero-order valence-corrected chi connectivity index (χ0v) is 20.6. The fourth-order valence-electron chi connectivity index (χ4n) is 5.17. The van der Waals surface area contributed by atoms with E-state index in [1.165, 1.54) is 17.7 Å². The Balaban J connectivity index is 1.37. The first kappa shape index (κ1) is 22.7. The van der Waals surface area contributed by atoms with Crippen LogP contribution >= 0.6 is 23.2 Å². The standard InChI is InChI=1S/C26H26Cl2N2O2S/c27-21-10-11-25(23(28)18-21)33(31,32)30-19-26(22-8-4-5-9-24(22)30)13-16-29(17-14-26)15-12-20-6-2-1-3-7-20/h1-11,18H,12-17,19H2. The second kappa shape index (κ2) is 8.95. The average Bonchev–Trinajstić information content (AvgIpc) is 3.14. The van der Waals surface area contributed by atoms with Crippen LogP contribution in [0, 0.1) is 0 Å². The minimum absolute atomic E-state index is 0.0979. The van der Waals surface area contributed by atoms with Gasteiger partial charge in [0.2, 0.25) is 0 Å². The molecule has 2 aliphatic heterocycles. The summed E-state index contributed by atoms with van der Waals surface area (Å²) in [5.74, 6) is 0. The van der Waals surface area contributed by atoms with E-state index < -0.39 is 10.0 Å². The summed E-state index contributed by atoms with van der Waals surface area (Å²) in [7, 11) is -3.81. The van der Waals surface area contributed by atoms with E-state index in [-0.39, 0.29) is 15.3 Å². The van der Waals surface area contributed by atoms with Crippen molar-refractivity contribution in [1.82, 2.24) is 4.90 Å². The van der Waals surface area contributed by atoms with Crippen molar-refractivity contribution < 1.29 is 8.42 Å². The summed E-state index contributed by atoms with van der Waals surface area (Å²) < 4.78 is 28.9. The van der Waals surface area contributed by atoms with Crippen LogP contribution in [0.4, 0.5) is 5.69 Å². The van der Waals surface area contributed by atoms with E-state index >= 15 is 0 Å². The zero-order valence-electron chi connectivity index (χ0n) is 18.3. The van der Waals surface area contributed by atoms with Crippen molar-refractivity contribution in [2.24, 2.45) is 0 Å². The Hall–Kier alpha value is -2.05. The molecule has 0 saturated carbocycles. The third-order valence-corrected chi connectivity index (χ3v) is 9.50. The van der Waals surface area contributed by atoms with Gasteiger partial charge in [-0.2, -0.15) is 0 Å². The molecule has 7 heteroatoms. The molecule has 2 heterocycles. The molecule has 0 atom stereocenters. The maximum atomic E-state index is 13.7. The smallest absolute Gasteiger partial charge is 0.265 e. The number of piperidine rings is 1. The van der Waals surface area contributed by atoms with E-state index in [2.05, 4.69) is 35.2 Å². The molecule has 0 bridgehead atoms. The van der Waals surface area contributed by atoms with Gasteiger partial charge in [-0.05, 0) is 67.7 Å². The number of halogens is 2. The Morgan fingerprint density at radius 1 is 0.879 bits per heavy atom. The lowest BCUT2D eigenvalue weighted by molar-refractivity contribution is 0.169. The number of sulfonamides is 1. The molecule has 33 heavy (non-hydrogen) atoms. The van der Waals surface area contributed by atoms with Crippen molar-refractivity contribution in [2.75, 3.05) is 30.5 Å². The summed E-state index contributed by atoms with van der Waals surface area (Å²) in [6.07, 6.45) is 2.89. The number of rotatable bonds is 5. The van der Waals surface area contributed by atoms with Crippen molar-refractivity contribution in [3.8, 4) is 0 Å². The molecule has 0 unspecified atom stereocenters. The number of para-hydroxylation sites is 1. The molecule has 5 rings (SSSR count). The fraction of sp³-hybridized carbons (Fsp3) is 0.308. The zero-order chi connectivity index (χ0) is 23.1. The van der Waals surface area contributed by atoms with Gasteiger partial charge in [0.15, 0.2) is 0 Å². The van der Waals surface area contributed by atoms with Crippen LogP contribution in [0.3, 0.4) is 0 Å². The Bertz CT molecular complexity index is 1260. The number of fused-ring (bicyclic) bond motifs is 2. The van der Waals surface area contributed by atoms with E-state index in [1.807, 2.05) is 24.3 Å². The highest BCUT2D eigenvalue weighted by Crippen LogP contribution is 2.49. The SMILES string of the molecule is O=S(=O)(c1ccc(Cl)cc1Cl)N1CC2(CCN(CCc3ccccc3)CC2)c2ccccc21. The first-order chi connectivity index (χ1) is 15.9. The summed E-state index contributed by atoms with van der Waals surface area (Å²) in [6, 6.07) is 23.0. The first-order valence-corrected chi connectivity index (χ1v) is 13.4. The van der Waals surface area contributed by atoms with Gasteiger partial charge in [0.1, 0.15) is 4.90 Å². The molecule has 2 aliphatic rings. The van der Waals surface area contributed by atoms with Crippen LogP contribution < -0.4 is 4.31 Å². The highest BCUT2D eigenvalue weighted by Gasteiger charge is 2.48. The molecule has 4 nitrogen and oxygen atoms in total. The predicted molar refractivity (Wildman–Crippen MR) is 135 cm³/mol. The van der Waals surface area contributed by atoms with Crippen molar-refractivity contribution in [2.45, 2.75) is 29.6 Å². The molecule has 1 saturated heterocycles. The van der Waals surface area contributed by atoms with Crippen LogP contribution in [0.1, 0.15) is 24.0 Å². The Morgan fingerprint density at radius 3 is 2.30 bits per heavy atom. The summed E-state index contributed by atoms with van der Waals surface area (Å²) in [4.78, 5) is 2.59. The summed E-state index contributed by atoms with van der Waals surface area (Å²) >= 11 is 12.3. The second-order valence-electron chi connectivity index (χ2n) is 8.96. The lowest BCUT2D eigenvalue weighted by atomic mass is 9.74. The van der Waals surface area contributed by atoms with Crippen molar-refractivity contribution >= 4 is 38.9 Å². The molecule has 0 radical (unpaired) electrons. The molecule has 0 amide bonds. The number of anilines is 1. The summed E-state index contributed by atoms with van der Waals surface area (Å²) in [6.45, 7) is 3.37. The number of benzene rings is 3. The average molecular weight is 501 g/mol. The Labute approximate surface area is 205 Å². The number of hydrogen-bond donors (Lipinski definition) is 0. The highest BCUT2D eigenvalue weighted by molar-refractivity contribution is 7.93. The molecular weight excluding hydrogens is 475 g/mol. The number of nitrogens with zero attached hydrogens (tertiary/aromatic N) is 2. The predicted octanol–water partition coefficient (Wildman–Crippen LogP) is 5.78. The van der Waals surface area contributed by atoms with Crippen molar-refractivity contribution in [1.29, 1.82) is 0 Å². The summed E-state index contributed by atoms with van der Waals surface area (Å²) in [5.41, 5.74) is 3.06. The Morgan fingerprint density at radius 2 is 1.58 bits per heavy atom. The van der Waals surface area contributed by atoms with Crippen LogP contribution in [0.25, 0.3) is 0 Å². The highest BCUT2D eigenvalue weighted by atomic mass is 35.5. The third kappa shape index (κ3) is 4.28. The van der Waals surface area contributed by atoms with Crippen LogP contribution in [0.2, 0.25) is 10.0 Å². The monoisotopic (exact) mass is 500 g/mol. The van der Waals surface area contributed by atoms with Crippen LogP contribution in [-0.4, -0.2) is 39.5 Å². The van der Waals surface area contributed by atoms with E-state index in [9.17, 15) is 8.42 Å². The number of likely N-dealkylation sites (tertiary alicyclic amines) is 1. The maximum absolute atomic E-state index is 13.7. The van der Waals surface area contributed by atoms with E-state index in [1.54, 1.807) is 10.4 Å². The van der Waals surface area contributed by atoms with Gasteiger partial charge in [-0.25, -0.2) is 8.42 Å². The molecule has 1 fully saturated rings.